The minimum Gasteiger partial charge on any atom is -0.490 e. The normalized spacial score (nSPS) is 15.0. The van der Waals surface area contributed by atoms with Gasteiger partial charge in [0.2, 0.25) is 0 Å². The number of benzene rings is 1. The van der Waals surface area contributed by atoms with E-state index in [2.05, 4.69) is 22.4 Å². The third-order valence-corrected chi connectivity index (χ3v) is 3.23. The Balaban J connectivity index is 0.000001000. The van der Waals surface area contributed by atoms with E-state index in [9.17, 15) is 0 Å². The van der Waals surface area contributed by atoms with Gasteiger partial charge in [0.1, 0.15) is 11.9 Å². The molecule has 1 aliphatic rings. The number of aromatic nitrogens is 2. The Morgan fingerprint density at radius 3 is 2.40 bits per heavy atom. The summed E-state index contributed by atoms with van der Waals surface area (Å²) in [4.78, 5) is 4.04. The monoisotopic (exact) mass is 315 g/mol. The van der Waals surface area contributed by atoms with Crippen LogP contribution in [0.15, 0.2) is 43.0 Å². The molecule has 0 spiro atoms. The number of nitrogens with zero attached hydrogens (tertiary/aromatic N) is 2. The minimum atomic E-state index is 0. The fourth-order valence-corrected chi connectivity index (χ4v) is 2.21. The summed E-state index contributed by atoms with van der Waals surface area (Å²) < 4.78 is 7.94. The molecule has 1 fully saturated rings. The van der Waals surface area contributed by atoms with E-state index < -0.39 is 0 Å². The van der Waals surface area contributed by atoms with E-state index in [-0.39, 0.29) is 24.8 Å². The van der Waals surface area contributed by atoms with E-state index >= 15 is 0 Å². The molecule has 1 aromatic heterocycles. The maximum absolute atomic E-state index is 5.96. The molecule has 0 radical (unpaired) electrons. The highest BCUT2D eigenvalue weighted by atomic mass is 35.5. The van der Waals surface area contributed by atoms with Crippen LogP contribution in [0.1, 0.15) is 12.8 Å². The summed E-state index contributed by atoms with van der Waals surface area (Å²) in [6, 6.07) is 8.16. The van der Waals surface area contributed by atoms with Crippen molar-refractivity contribution < 1.29 is 4.74 Å². The molecule has 1 aliphatic heterocycles. The number of piperidine rings is 1. The van der Waals surface area contributed by atoms with Crippen LogP contribution in [0, 0.1) is 0 Å². The second-order valence-electron chi connectivity index (χ2n) is 4.53. The molecule has 3 rings (SSSR count). The smallest absolute Gasteiger partial charge is 0.119 e. The zero-order valence-corrected chi connectivity index (χ0v) is 12.7. The number of ether oxygens (including phenoxy) is 1. The largest absolute Gasteiger partial charge is 0.490 e. The van der Waals surface area contributed by atoms with Crippen LogP contribution in [0.5, 0.6) is 5.75 Å². The van der Waals surface area contributed by atoms with Gasteiger partial charge in [-0.05, 0) is 50.2 Å². The SMILES string of the molecule is Cl.Cl.c1cn(-c2ccc(OC3CCNCC3)cc2)cn1. The van der Waals surface area contributed by atoms with Crippen LogP contribution in [0.25, 0.3) is 5.69 Å². The van der Waals surface area contributed by atoms with Gasteiger partial charge in [0.15, 0.2) is 0 Å². The Morgan fingerprint density at radius 2 is 1.80 bits per heavy atom. The standard InChI is InChI=1S/C14H17N3O.2ClH/c1-3-13(18-14-5-7-15-8-6-14)4-2-12(1)17-10-9-16-11-17;;/h1-4,9-11,14-15H,5-8H2;2*1H. The maximum atomic E-state index is 5.96. The van der Waals surface area contributed by atoms with Crippen LogP contribution in [0.4, 0.5) is 0 Å². The zero-order valence-electron chi connectivity index (χ0n) is 11.1. The predicted octanol–water partition coefficient (Wildman–Crippen LogP) is 2.85. The first-order valence-electron chi connectivity index (χ1n) is 6.37. The molecule has 2 aromatic rings. The molecule has 20 heavy (non-hydrogen) atoms. The summed E-state index contributed by atoms with van der Waals surface area (Å²) in [5, 5.41) is 3.34. The van der Waals surface area contributed by atoms with Crippen molar-refractivity contribution in [3.8, 4) is 11.4 Å². The lowest BCUT2D eigenvalue weighted by molar-refractivity contribution is 0.162. The molecule has 0 atom stereocenters. The van der Waals surface area contributed by atoms with Crippen molar-refractivity contribution in [2.45, 2.75) is 18.9 Å². The molecule has 1 saturated heterocycles. The fraction of sp³-hybridized carbons (Fsp3) is 0.357. The van der Waals surface area contributed by atoms with Crippen molar-refractivity contribution in [1.29, 1.82) is 0 Å². The number of nitrogens with one attached hydrogen (secondary N) is 1. The lowest BCUT2D eigenvalue weighted by Gasteiger charge is -2.23. The van der Waals surface area contributed by atoms with Crippen molar-refractivity contribution in [1.82, 2.24) is 14.9 Å². The second kappa shape index (κ2) is 8.15. The molecular weight excluding hydrogens is 297 g/mol. The zero-order chi connectivity index (χ0) is 12.2. The van der Waals surface area contributed by atoms with Gasteiger partial charge in [0.25, 0.3) is 0 Å². The molecule has 0 aliphatic carbocycles. The Morgan fingerprint density at radius 1 is 1.10 bits per heavy atom. The molecule has 0 amide bonds. The van der Waals surface area contributed by atoms with Crippen LogP contribution < -0.4 is 10.1 Å². The lowest BCUT2D eigenvalue weighted by Crippen LogP contribution is -2.34. The van der Waals surface area contributed by atoms with Gasteiger partial charge in [-0.25, -0.2) is 4.98 Å². The van der Waals surface area contributed by atoms with Crippen LogP contribution in [0.3, 0.4) is 0 Å². The molecule has 4 nitrogen and oxygen atoms in total. The van der Waals surface area contributed by atoms with E-state index in [1.165, 1.54) is 0 Å². The first-order valence-corrected chi connectivity index (χ1v) is 6.37. The quantitative estimate of drug-likeness (QED) is 0.946. The third kappa shape index (κ3) is 4.13. The Kier molecular flexibility index (Phi) is 6.85. The van der Waals surface area contributed by atoms with Crippen LogP contribution in [-0.2, 0) is 0 Å². The minimum absolute atomic E-state index is 0. The summed E-state index contributed by atoms with van der Waals surface area (Å²) in [5.74, 6) is 0.950. The maximum Gasteiger partial charge on any atom is 0.119 e. The van der Waals surface area contributed by atoms with E-state index in [4.69, 9.17) is 4.74 Å². The van der Waals surface area contributed by atoms with Crippen LogP contribution >= 0.6 is 24.8 Å². The van der Waals surface area contributed by atoms with Crippen molar-refractivity contribution in [2.24, 2.45) is 0 Å². The van der Waals surface area contributed by atoms with E-state index in [1.54, 1.807) is 12.5 Å². The van der Waals surface area contributed by atoms with Gasteiger partial charge in [-0.2, -0.15) is 0 Å². The number of halogens is 2. The van der Waals surface area contributed by atoms with Gasteiger partial charge in [-0.3, -0.25) is 0 Å². The average molecular weight is 316 g/mol. The molecule has 6 heteroatoms. The van der Waals surface area contributed by atoms with Gasteiger partial charge < -0.3 is 14.6 Å². The summed E-state index contributed by atoms with van der Waals surface area (Å²) in [5.41, 5.74) is 1.10. The first-order chi connectivity index (χ1) is 8.92. The molecule has 110 valence electrons. The van der Waals surface area contributed by atoms with Gasteiger partial charge in [-0.1, -0.05) is 0 Å². The summed E-state index contributed by atoms with van der Waals surface area (Å²) in [6.07, 6.45) is 8.03. The Hall–Kier alpha value is -1.23. The summed E-state index contributed by atoms with van der Waals surface area (Å²) >= 11 is 0. The number of hydrogen-bond acceptors (Lipinski definition) is 3. The molecule has 0 unspecified atom stereocenters. The Bertz CT molecular complexity index is 482. The van der Waals surface area contributed by atoms with Crippen molar-refractivity contribution in [2.75, 3.05) is 13.1 Å². The lowest BCUT2D eigenvalue weighted by atomic mass is 10.1. The Labute approximate surface area is 131 Å². The average Bonchev–Trinajstić information content (AvgIpc) is 2.95. The molecule has 1 aromatic carbocycles. The molecule has 1 N–H and O–H groups in total. The number of rotatable bonds is 3. The van der Waals surface area contributed by atoms with E-state index in [0.29, 0.717) is 6.10 Å². The van der Waals surface area contributed by atoms with Gasteiger partial charge in [0.05, 0.1) is 6.33 Å². The van der Waals surface area contributed by atoms with Crippen molar-refractivity contribution >= 4 is 24.8 Å². The van der Waals surface area contributed by atoms with Crippen molar-refractivity contribution in [3.63, 3.8) is 0 Å². The molecular formula is C14H19Cl2N3O. The number of hydrogen-bond donors (Lipinski definition) is 1. The summed E-state index contributed by atoms with van der Waals surface area (Å²) in [7, 11) is 0. The number of imidazole rings is 1. The molecule has 0 saturated carbocycles. The topological polar surface area (TPSA) is 39.1 Å². The highest BCUT2D eigenvalue weighted by molar-refractivity contribution is 5.85. The fourth-order valence-electron chi connectivity index (χ4n) is 2.21. The molecule has 2 heterocycles. The van der Waals surface area contributed by atoms with Gasteiger partial charge in [-0.15, -0.1) is 24.8 Å². The van der Waals surface area contributed by atoms with E-state index in [0.717, 1.165) is 37.4 Å². The van der Waals surface area contributed by atoms with Crippen molar-refractivity contribution in [3.05, 3.63) is 43.0 Å². The predicted molar refractivity (Wildman–Crippen MR) is 84.6 cm³/mol. The van der Waals surface area contributed by atoms with E-state index in [1.807, 2.05) is 22.9 Å². The highest BCUT2D eigenvalue weighted by Gasteiger charge is 2.14. The van der Waals surface area contributed by atoms with Crippen LogP contribution in [-0.4, -0.2) is 28.7 Å². The third-order valence-electron chi connectivity index (χ3n) is 3.23. The first kappa shape index (κ1) is 16.8. The molecule has 0 bridgehead atoms. The second-order valence-corrected chi connectivity index (χ2v) is 4.53. The van der Waals surface area contributed by atoms with Gasteiger partial charge in [0, 0.05) is 18.1 Å². The summed E-state index contributed by atoms with van der Waals surface area (Å²) in [6.45, 7) is 2.11. The highest BCUT2D eigenvalue weighted by Crippen LogP contribution is 2.18. The van der Waals surface area contributed by atoms with Crippen LogP contribution in [0.2, 0.25) is 0 Å². The van der Waals surface area contributed by atoms with Gasteiger partial charge >= 0.3 is 0 Å².